The van der Waals surface area contributed by atoms with E-state index in [1.807, 2.05) is 26.0 Å². The van der Waals surface area contributed by atoms with Crippen molar-refractivity contribution in [2.45, 2.75) is 13.8 Å². The summed E-state index contributed by atoms with van der Waals surface area (Å²) in [7, 11) is -4.07. The Kier molecular flexibility index (Phi) is 2.11. The molecule has 2 aliphatic rings. The quantitative estimate of drug-likeness (QED) is 0.565. The molecular weight excluding hydrogens is 216 g/mol. The molecule has 0 heterocycles. The van der Waals surface area contributed by atoms with Gasteiger partial charge >= 0.3 is 0 Å². The molecule has 1 fully saturated rings. The number of carbonyl (C=O) groups excluding carboxylic acids is 1. The Bertz CT molecular complexity index is 432. The van der Waals surface area contributed by atoms with E-state index < -0.39 is 21.8 Å². The fraction of sp³-hybridized carbons (Fsp3) is 0.700. The lowest BCUT2D eigenvalue weighted by Crippen LogP contribution is -2.27. The number of hydrogen-bond acceptors (Lipinski definition) is 3. The maximum absolute atomic E-state index is 11.8. The van der Waals surface area contributed by atoms with Crippen LogP contribution in [0.5, 0.6) is 0 Å². The summed E-state index contributed by atoms with van der Waals surface area (Å²) in [5, 5.41) is 0. The molecule has 0 amide bonds. The molecular formula is C10H14O4S. The third kappa shape index (κ3) is 1.54. The summed E-state index contributed by atoms with van der Waals surface area (Å²) in [5.74, 6) is -1.30. The fourth-order valence-electron chi connectivity index (χ4n) is 2.87. The molecule has 1 N–H and O–H groups in total. The van der Waals surface area contributed by atoms with Crippen molar-refractivity contribution in [3.63, 3.8) is 0 Å². The molecule has 15 heavy (non-hydrogen) atoms. The minimum absolute atomic E-state index is 0.0508. The lowest BCUT2D eigenvalue weighted by atomic mass is 9.80. The summed E-state index contributed by atoms with van der Waals surface area (Å²) < 4.78 is 30.4. The number of Topliss-reactive ketones (excluding diaryl/α,β-unsaturated/α-hetero) is 1. The third-order valence-electron chi connectivity index (χ3n) is 3.67. The molecule has 3 atom stereocenters. The van der Waals surface area contributed by atoms with E-state index in [1.165, 1.54) is 0 Å². The van der Waals surface area contributed by atoms with Crippen LogP contribution in [0.2, 0.25) is 0 Å². The number of carbonyl (C=O) groups is 1. The predicted molar refractivity (Wildman–Crippen MR) is 54.8 cm³/mol. The van der Waals surface area contributed by atoms with Gasteiger partial charge in [0, 0.05) is 11.8 Å². The molecule has 2 bridgehead atoms. The molecule has 3 unspecified atom stereocenters. The molecule has 0 aliphatic heterocycles. The maximum atomic E-state index is 11.8. The first-order valence-corrected chi connectivity index (χ1v) is 6.51. The van der Waals surface area contributed by atoms with Gasteiger partial charge in [0.2, 0.25) is 0 Å². The number of hydrogen-bond donors (Lipinski definition) is 1. The highest BCUT2D eigenvalue weighted by Gasteiger charge is 2.56. The van der Waals surface area contributed by atoms with Gasteiger partial charge in [-0.25, -0.2) is 0 Å². The molecule has 0 aromatic heterocycles. The van der Waals surface area contributed by atoms with E-state index in [2.05, 4.69) is 0 Å². The zero-order valence-corrected chi connectivity index (χ0v) is 9.49. The monoisotopic (exact) mass is 230 g/mol. The molecule has 2 rings (SSSR count). The number of allylic oxidation sites excluding steroid dienone is 2. The van der Waals surface area contributed by atoms with Crippen LogP contribution in [-0.4, -0.2) is 24.5 Å². The molecule has 4 nitrogen and oxygen atoms in total. The Hall–Kier alpha value is -0.680. The maximum Gasteiger partial charge on any atom is 0.265 e. The van der Waals surface area contributed by atoms with Gasteiger partial charge in [0.15, 0.2) is 0 Å². The molecule has 1 saturated carbocycles. The number of ketones is 1. The summed E-state index contributed by atoms with van der Waals surface area (Å²) in [4.78, 5) is 11.8. The second kappa shape index (κ2) is 2.92. The van der Waals surface area contributed by atoms with Crippen LogP contribution in [0.1, 0.15) is 13.8 Å². The lowest BCUT2D eigenvalue weighted by molar-refractivity contribution is -0.123. The summed E-state index contributed by atoms with van der Waals surface area (Å²) in [6.07, 6.45) is 3.76. The topological polar surface area (TPSA) is 71.4 Å². The van der Waals surface area contributed by atoms with Crippen molar-refractivity contribution in [2.24, 2.45) is 23.2 Å². The Balaban J connectivity index is 2.32. The minimum atomic E-state index is -4.07. The molecule has 0 aromatic rings. The van der Waals surface area contributed by atoms with E-state index in [0.29, 0.717) is 0 Å². The van der Waals surface area contributed by atoms with E-state index in [4.69, 9.17) is 4.55 Å². The van der Waals surface area contributed by atoms with Gasteiger partial charge in [-0.15, -0.1) is 0 Å². The Labute approximate surface area is 89.1 Å². The molecule has 0 spiro atoms. The smallest absolute Gasteiger partial charge is 0.265 e. The van der Waals surface area contributed by atoms with Crippen LogP contribution < -0.4 is 0 Å². The second-order valence-corrected chi connectivity index (χ2v) is 6.46. The van der Waals surface area contributed by atoms with Crippen molar-refractivity contribution < 1.29 is 17.8 Å². The Morgan fingerprint density at radius 1 is 1.40 bits per heavy atom. The van der Waals surface area contributed by atoms with E-state index in [9.17, 15) is 13.2 Å². The zero-order chi connectivity index (χ0) is 11.4. The Morgan fingerprint density at radius 2 is 2.00 bits per heavy atom. The van der Waals surface area contributed by atoms with Gasteiger partial charge in [-0.3, -0.25) is 9.35 Å². The highest BCUT2D eigenvalue weighted by Crippen LogP contribution is 2.54. The first-order valence-electron chi connectivity index (χ1n) is 4.90. The SMILES string of the molecule is CC1(C)C2C=CC1C(CS(=O)(=O)O)C2=O. The van der Waals surface area contributed by atoms with Gasteiger partial charge in [-0.1, -0.05) is 26.0 Å². The van der Waals surface area contributed by atoms with Crippen LogP contribution in [0.3, 0.4) is 0 Å². The van der Waals surface area contributed by atoms with Gasteiger partial charge in [-0.2, -0.15) is 8.42 Å². The molecule has 2 aliphatic carbocycles. The predicted octanol–water partition coefficient (Wildman–Crippen LogP) is 0.901. The van der Waals surface area contributed by atoms with Crippen molar-refractivity contribution in [2.75, 3.05) is 5.75 Å². The van der Waals surface area contributed by atoms with Gasteiger partial charge in [0.25, 0.3) is 10.1 Å². The van der Waals surface area contributed by atoms with Crippen molar-refractivity contribution in [1.29, 1.82) is 0 Å². The van der Waals surface area contributed by atoms with Crippen molar-refractivity contribution >= 4 is 15.9 Å². The van der Waals surface area contributed by atoms with Gasteiger partial charge in [-0.05, 0) is 11.3 Å². The highest BCUT2D eigenvalue weighted by atomic mass is 32.2. The Morgan fingerprint density at radius 3 is 2.40 bits per heavy atom. The summed E-state index contributed by atoms with van der Waals surface area (Å²) in [6, 6.07) is 0. The van der Waals surface area contributed by atoms with Gasteiger partial charge in [0.05, 0.1) is 5.75 Å². The van der Waals surface area contributed by atoms with Crippen molar-refractivity contribution in [3.8, 4) is 0 Å². The second-order valence-electron chi connectivity index (χ2n) is 4.97. The first-order chi connectivity index (χ1) is 6.73. The van der Waals surface area contributed by atoms with E-state index in [1.54, 1.807) is 0 Å². The first kappa shape index (κ1) is 10.8. The largest absolute Gasteiger partial charge is 0.299 e. The van der Waals surface area contributed by atoms with E-state index >= 15 is 0 Å². The molecule has 5 heteroatoms. The molecule has 84 valence electrons. The molecule has 0 saturated heterocycles. The van der Waals surface area contributed by atoms with Crippen molar-refractivity contribution in [1.82, 2.24) is 0 Å². The van der Waals surface area contributed by atoms with Crippen LogP contribution in [0.25, 0.3) is 0 Å². The third-order valence-corrected chi connectivity index (χ3v) is 4.45. The van der Waals surface area contributed by atoms with Crippen LogP contribution in [-0.2, 0) is 14.9 Å². The van der Waals surface area contributed by atoms with Crippen LogP contribution in [0.15, 0.2) is 12.2 Å². The van der Waals surface area contributed by atoms with Crippen molar-refractivity contribution in [3.05, 3.63) is 12.2 Å². The average molecular weight is 230 g/mol. The van der Waals surface area contributed by atoms with Gasteiger partial charge < -0.3 is 0 Å². The average Bonchev–Trinajstić information content (AvgIpc) is 2.40. The molecule has 0 radical (unpaired) electrons. The van der Waals surface area contributed by atoms with E-state index in [-0.39, 0.29) is 23.0 Å². The van der Waals surface area contributed by atoms with E-state index in [0.717, 1.165) is 0 Å². The summed E-state index contributed by atoms with van der Waals surface area (Å²) >= 11 is 0. The fourth-order valence-corrected chi connectivity index (χ4v) is 3.69. The van der Waals surface area contributed by atoms with Gasteiger partial charge in [0.1, 0.15) is 5.78 Å². The standard InChI is InChI=1S/C10H14O4S/c1-10(2)7-3-4-8(10)9(11)6(7)5-15(12,13)14/h3-4,6-8H,5H2,1-2H3,(H,12,13,14). The normalized spacial score (nSPS) is 37.5. The number of rotatable bonds is 2. The van der Waals surface area contributed by atoms with Crippen LogP contribution in [0.4, 0.5) is 0 Å². The highest BCUT2D eigenvalue weighted by molar-refractivity contribution is 7.85. The van der Waals surface area contributed by atoms with Crippen LogP contribution in [0, 0.1) is 23.2 Å². The number of fused-ring (bicyclic) bond motifs is 2. The molecule has 0 aromatic carbocycles. The lowest BCUT2D eigenvalue weighted by Gasteiger charge is -2.24. The summed E-state index contributed by atoms with van der Waals surface area (Å²) in [6.45, 7) is 3.93. The summed E-state index contributed by atoms with van der Waals surface area (Å²) in [5.41, 5.74) is -0.202. The zero-order valence-electron chi connectivity index (χ0n) is 8.67. The minimum Gasteiger partial charge on any atom is -0.299 e. The van der Waals surface area contributed by atoms with Crippen LogP contribution >= 0.6 is 0 Å².